The molecule has 2 aromatic carbocycles. The van der Waals surface area contributed by atoms with E-state index in [1.54, 1.807) is 0 Å². The van der Waals surface area contributed by atoms with Crippen LogP contribution in [0.2, 0.25) is 0 Å². The third-order valence-corrected chi connectivity index (χ3v) is 4.98. The molecule has 1 N–H and O–H groups in total. The zero-order valence-corrected chi connectivity index (χ0v) is 14.9. The Labute approximate surface area is 150 Å². The molecule has 3 heteroatoms. The highest BCUT2D eigenvalue weighted by Crippen LogP contribution is 2.26. The predicted octanol–water partition coefficient (Wildman–Crippen LogP) is 4.57. The van der Waals surface area contributed by atoms with Crippen LogP contribution in [-0.4, -0.2) is 18.6 Å². The first-order chi connectivity index (χ1) is 12.3. The van der Waals surface area contributed by atoms with Gasteiger partial charge < -0.3 is 10.1 Å². The number of carbonyl (C=O) groups is 1. The maximum Gasteiger partial charge on any atom is 0.310 e. The fourth-order valence-corrected chi connectivity index (χ4v) is 3.60. The fourth-order valence-electron chi connectivity index (χ4n) is 3.60. The van der Waals surface area contributed by atoms with Gasteiger partial charge in [0.15, 0.2) is 0 Å². The topological polar surface area (TPSA) is 38.3 Å². The van der Waals surface area contributed by atoms with Gasteiger partial charge in [-0.3, -0.25) is 4.79 Å². The molecule has 0 saturated heterocycles. The molecule has 0 radical (unpaired) electrons. The maximum absolute atomic E-state index is 12.2. The van der Waals surface area contributed by atoms with Crippen LogP contribution in [0.5, 0.6) is 0 Å². The van der Waals surface area contributed by atoms with Crippen molar-refractivity contribution in [3.05, 3.63) is 60.2 Å². The first-order valence-corrected chi connectivity index (χ1v) is 9.32. The molecule has 25 heavy (non-hydrogen) atoms. The van der Waals surface area contributed by atoms with Crippen molar-refractivity contribution in [2.45, 2.75) is 45.2 Å². The van der Waals surface area contributed by atoms with Crippen molar-refractivity contribution < 1.29 is 9.53 Å². The van der Waals surface area contributed by atoms with Gasteiger partial charge in [0.1, 0.15) is 0 Å². The average Bonchev–Trinajstić information content (AvgIpc) is 2.68. The number of ether oxygens (including phenoxy) is 1. The number of rotatable bonds is 6. The van der Waals surface area contributed by atoms with Crippen LogP contribution in [0.1, 0.15) is 38.2 Å². The highest BCUT2D eigenvalue weighted by atomic mass is 16.5. The Kier molecular flexibility index (Phi) is 6.24. The maximum atomic E-state index is 12.2. The van der Waals surface area contributed by atoms with Gasteiger partial charge in [-0.2, -0.15) is 0 Å². The summed E-state index contributed by atoms with van der Waals surface area (Å²) in [5, 5.41) is 3.59. The molecule has 1 aliphatic rings. The van der Waals surface area contributed by atoms with Gasteiger partial charge in [-0.15, -0.1) is 0 Å². The summed E-state index contributed by atoms with van der Waals surface area (Å²) in [7, 11) is 0. The summed E-state index contributed by atoms with van der Waals surface area (Å²) in [6.07, 6.45) is 4.28. The fraction of sp³-hybridized carbons (Fsp3) is 0.409. The monoisotopic (exact) mass is 337 g/mol. The van der Waals surface area contributed by atoms with Crippen LogP contribution in [0, 0.1) is 5.92 Å². The Morgan fingerprint density at radius 3 is 2.40 bits per heavy atom. The standard InChI is InChI=1S/C22H27NO2/c1-2-25-22(24)20-10-6-7-11-21(20)23-16-17-12-14-19(15-13-17)18-8-4-3-5-9-18/h3-5,8-9,12-15,20-21,23H,2,6-7,10-11,16H2,1H3/t20-,21-/m1/s1. The van der Waals surface area contributed by atoms with E-state index in [1.807, 2.05) is 13.0 Å². The molecule has 3 nitrogen and oxygen atoms in total. The lowest BCUT2D eigenvalue weighted by atomic mass is 9.84. The largest absolute Gasteiger partial charge is 0.466 e. The minimum Gasteiger partial charge on any atom is -0.466 e. The Balaban J connectivity index is 1.59. The molecule has 3 rings (SSSR count). The van der Waals surface area contributed by atoms with Gasteiger partial charge >= 0.3 is 5.97 Å². The molecule has 0 amide bonds. The van der Waals surface area contributed by atoms with Crippen LogP contribution >= 0.6 is 0 Å². The SMILES string of the molecule is CCOC(=O)[C@@H]1CCCC[C@H]1NCc1ccc(-c2ccccc2)cc1. The van der Waals surface area contributed by atoms with E-state index >= 15 is 0 Å². The summed E-state index contributed by atoms with van der Waals surface area (Å²) in [4.78, 5) is 12.2. The number of benzene rings is 2. The van der Waals surface area contributed by atoms with Gasteiger partial charge in [-0.1, -0.05) is 67.4 Å². The van der Waals surface area contributed by atoms with E-state index in [-0.39, 0.29) is 17.9 Å². The van der Waals surface area contributed by atoms with Crippen molar-refractivity contribution in [1.29, 1.82) is 0 Å². The third kappa shape index (κ3) is 4.70. The van der Waals surface area contributed by atoms with Gasteiger partial charge in [-0.25, -0.2) is 0 Å². The normalized spacial score (nSPS) is 20.2. The molecule has 0 aliphatic heterocycles. The van der Waals surface area contributed by atoms with Gasteiger partial charge in [0.25, 0.3) is 0 Å². The molecule has 1 fully saturated rings. The summed E-state index contributed by atoms with van der Waals surface area (Å²) in [6, 6.07) is 19.3. The molecule has 0 unspecified atom stereocenters. The lowest BCUT2D eigenvalue weighted by Crippen LogP contribution is -2.42. The van der Waals surface area contributed by atoms with Crippen molar-refractivity contribution in [3.63, 3.8) is 0 Å². The van der Waals surface area contributed by atoms with E-state index in [0.717, 1.165) is 25.8 Å². The van der Waals surface area contributed by atoms with Crippen molar-refractivity contribution in [2.24, 2.45) is 5.92 Å². The number of hydrogen-bond donors (Lipinski definition) is 1. The highest BCUT2D eigenvalue weighted by Gasteiger charge is 2.31. The number of nitrogens with one attached hydrogen (secondary N) is 1. The van der Waals surface area contributed by atoms with Crippen LogP contribution in [0.3, 0.4) is 0 Å². The average molecular weight is 337 g/mol. The van der Waals surface area contributed by atoms with Crippen molar-refractivity contribution in [2.75, 3.05) is 6.61 Å². The summed E-state index contributed by atoms with van der Waals surface area (Å²) >= 11 is 0. The summed E-state index contributed by atoms with van der Waals surface area (Å²) < 4.78 is 5.25. The zero-order valence-electron chi connectivity index (χ0n) is 14.9. The van der Waals surface area contributed by atoms with Crippen LogP contribution < -0.4 is 5.32 Å². The van der Waals surface area contributed by atoms with E-state index < -0.39 is 0 Å². The van der Waals surface area contributed by atoms with Gasteiger partial charge in [-0.05, 0) is 36.5 Å². The van der Waals surface area contributed by atoms with Gasteiger partial charge in [0, 0.05) is 12.6 Å². The molecule has 132 valence electrons. The second kappa shape index (κ2) is 8.82. The van der Waals surface area contributed by atoms with Crippen LogP contribution in [-0.2, 0) is 16.1 Å². The number of esters is 1. The molecule has 2 atom stereocenters. The Morgan fingerprint density at radius 2 is 1.68 bits per heavy atom. The smallest absolute Gasteiger partial charge is 0.310 e. The number of carbonyl (C=O) groups excluding carboxylic acids is 1. The van der Waals surface area contributed by atoms with E-state index in [9.17, 15) is 4.79 Å². The molecule has 1 aliphatic carbocycles. The molecular formula is C22H27NO2. The second-order valence-corrected chi connectivity index (χ2v) is 6.69. The lowest BCUT2D eigenvalue weighted by Gasteiger charge is -2.30. The molecule has 0 spiro atoms. The minimum atomic E-state index is -0.0425. The van der Waals surface area contributed by atoms with Gasteiger partial charge in [0.2, 0.25) is 0 Å². The van der Waals surface area contributed by atoms with E-state index in [0.29, 0.717) is 6.61 Å². The Bertz CT molecular complexity index is 666. The first-order valence-electron chi connectivity index (χ1n) is 9.32. The Morgan fingerprint density at radius 1 is 1.00 bits per heavy atom. The summed E-state index contributed by atoms with van der Waals surface area (Å²) in [6.45, 7) is 3.12. The van der Waals surface area contributed by atoms with Crippen molar-refractivity contribution >= 4 is 5.97 Å². The predicted molar refractivity (Wildman–Crippen MR) is 101 cm³/mol. The second-order valence-electron chi connectivity index (χ2n) is 6.69. The first kappa shape index (κ1) is 17.7. The van der Waals surface area contributed by atoms with E-state index in [1.165, 1.54) is 23.1 Å². The summed E-state index contributed by atoms with van der Waals surface area (Å²) in [5.41, 5.74) is 3.70. The molecule has 0 heterocycles. The number of hydrogen-bond acceptors (Lipinski definition) is 3. The van der Waals surface area contributed by atoms with Gasteiger partial charge in [0.05, 0.1) is 12.5 Å². The van der Waals surface area contributed by atoms with Crippen LogP contribution in [0.25, 0.3) is 11.1 Å². The van der Waals surface area contributed by atoms with E-state index in [4.69, 9.17) is 4.74 Å². The highest BCUT2D eigenvalue weighted by molar-refractivity contribution is 5.73. The molecule has 0 bridgehead atoms. The third-order valence-electron chi connectivity index (χ3n) is 4.98. The minimum absolute atomic E-state index is 0.00251. The van der Waals surface area contributed by atoms with Crippen molar-refractivity contribution in [3.8, 4) is 11.1 Å². The Hall–Kier alpha value is -2.13. The van der Waals surface area contributed by atoms with Crippen LogP contribution in [0.15, 0.2) is 54.6 Å². The quantitative estimate of drug-likeness (QED) is 0.785. The molecular weight excluding hydrogens is 310 g/mol. The molecule has 0 aromatic heterocycles. The summed E-state index contributed by atoms with van der Waals surface area (Å²) in [5.74, 6) is -0.0450. The molecule has 1 saturated carbocycles. The van der Waals surface area contributed by atoms with Crippen molar-refractivity contribution in [1.82, 2.24) is 5.32 Å². The van der Waals surface area contributed by atoms with Crippen LogP contribution in [0.4, 0.5) is 0 Å². The van der Waals surface area contributed by atoms with E-state index in [2.05, 4.69) is 53.8 Å². The lowest BCUT2D eigenvalue weighted by molar-refractivity contribution is -0.150. The molecule has 2 aromatic rings. The zero-order chi connectivity index (χ0) is 17.5.